The van der Waals surface area contributed by atoms with Crippen molar-refractivity contribution in [2.45, 2.75) is 0 Å². The highest BCUT2D eigenvalue weighted by atomic mass is 16.3. The fourth-order valence-corrected chi connectivity index (χ4v) is 16.8. The van der Waals surface area contributed by atoms with Gasteiger partial charge in [-0.25, -0.2) is 0 Å². The molecule has 0 saturated carbocycles. The summed E-state index contributed by atoms with van der Waals surface area (Å²) in [5.74, 6) is 0. The SMILES string of the molecule is c1cc(-c2ccc(-c3ccc(-n4c5cc(-c6ccc7c(c6)oc6c7ccc7c8ccccc8n(-c8ccc(-c9ccc(-c%10cccc(-n%11c%12ccccc%12c%12ccccc%12%11)c%10)cc9)cc8)c76)ccc5c5cc6c(cc54)oc4ccccc46)cc3)cc2)cc(-n2c3ccccc3c3ccccc32)c1. The van der Waals surface area contributed by atoms with Crippen LogP contribution >= 0.6 is 0 Å². The molecule has 16 aromatic carbocycles. The summed E-state index contributed by atoms with van der Waals surface area (Å²) < 4.78 is 23.4. The Balaban J connectivity index is 0.597. The molecule has 0 spiro atoms. The molecule has 22 rings (SSSR count). The molecule has 0 N–H and O–H groups in total. The number of furan rings is 2. The van der Waals surface area contributed by atoms with E-state index in [1.165, 1.54) is 82.0 Å². The molecule has 6 heterocycles. The third-order valence-corrected chi connectivity index (χ3v) is 21.6. The zero-order valence-electron chi connectivity index (χ0n) is 55.1. The summed E-state index contributed by atoms with van der Waals surface area (Å²) in [5, 5.41) is 14.1. The molecule has 474 valence electrons. The van der Waals surface area contributed by atoms with E-state index >= 15 is 0 Å². The van der Waals surface area contributed by atoms with Crippen molar-refractivity contribution in [3.63, 3.8) is 0 Å². The Bertz CT molecular complexity index is 7110. The van der Waals surface area contributed by atoms with Crippen molar-refractivity contribution in [3.05, 3.63) is 352 Å². The molecule has 0 saturated heterocycles. The molecule has 0 bridgehead atoms. The molecule has 102 heavy (non-hydrogen) atoms. The summed E-state index contributed by atoms with van der Waals surface area (Å²) in [5.41, 5.74) is 28.6. The first-order valence-electron chi connectivity index (χ1n) is 34.9. The highest BCUT2D eigenvalue weighted by molar-refractivity contribution is 6.23. The minimum Gasteiger partial charge on any atom is -0.456 e. The Morgan fingerprint density at radius 1 is 0.157 bits per heavy atom. The van der Waals surface area contributed by atoms with Gasteiger partial charge in [0.05, 0.1) is 44.1 Å². The second kappa shape index (κ2) is 21.9. The van der Waals surface area contributed by atoms with Crippen molar-refractivity contribution in [2.75, 3.05) is 0 Å². The fourth-order valence-electron chi connectivity index (χ4n) is 16.8. The number of nitrogens with zero attached hydrogens (tertiary/aromatic N) is 4. The average Bonchev–Trinajstić information content (AvgIpc) is 1.56. The van der Waals surface area contributed by atoms with Gasteiger partial charge >= 0.3 is 0 Å². The minimum absolute atomic E-state index is 0.841. The van der Waals surface area contributed by atoms with Crippen LogP contribution in [-0.4, -0.2) is 18.3 Å². The van der Waals surface area contributed by atoms with Crippen molar-refractivity contribution in [3.8, 4) is 78.4 Å². The molecule has 0 aliphatic rings. The maximum absolute atomic E-state index is 7.21. The summed E-state index contributed by atoms with van der Waals surface area (Å²) in [4.78, 5) is 0. The van der Waals surface area contributed by atoms with Crippen molar-refractivity contribution in [1.82, 2.24) is 18.3 Å². The van der Waals surface area contributed by atoms with Crippen LogP contribution in [0.4, 0.5) is 0 Å². The Morgan fingerprint density at radius 2 is 0.500 bits per heavy atom. The van der Waals surface area contributed by atoms with Crippen LogP contribution in [0.2, 0.25) is 0 Å². The van der Waals surface area contributed by atoms with Crippen LogP contribution in [0.1, 0.15) is 0 Å². The largest absolute Gasteiger partial charge is 0.456 e. The first-order valence-corrected chi connectivity index (χ1v) is 34.9. The van der Waals surface area contributed by atoms with Crippen LogP contribution in [0.25, 0.3) is 209 Å². The molecule has 0 radical (unpaired) electrons. The van der Waals surface area contributed by atoms with Crippen molar-refractivity contribution < 1.29 is 8.83 Å². The predicted octanol–water partition coefficient (Wildman–Crippen LogP) is 26.2. The van der Waals surface area contributed by atoms with E-state index in [1.54, 1.807) is 0 Å². The molecule has 0 atom stereocenters. The van der Waals surface area contributed by atoms with Gasteiger partial charge in [-0.05, 0) is 171 Å². The van der Waals surface area contributed by atoms with Crippen molar-refractivity contribution >= 4 is 131 Å². The molecule has 0 unspecified atom stereocenters. The van der Waals surface area contributed by atoms with Gasteiger partial charge in [0.25, 0.3) is 0 Å². The maximum atomic E-state index is 7.21. The van der Waals surface area contributed by atoms with Crippen LogP contribution in [-0.2, 0) is 0 Å². The Morgan fingerprint density at radius 3 is 1.03 bits per heavy atom. The Kier molecular flexibility index (Phi) is 12.1. The van der Waals surface area contributed by atoms with Crippen molar-refractivity contribution in [1.29, 1.82) is 0 Å². The summed E-state index contributed by atoms with van der Waals surface area (Å²) >= 11 is 0. The molecule has 6 aromatic heterocycles. The second-order valence-electron chi connectivity index (χ2n) is 27.1. The van der Waals surface area contributed by atoms with E-state index < -0.39 is 0 Å². The van der Waals surface area contributed by atoms with Gasteiger partial charge in [-0.1, -0.05) is 231 Å². The summed E-state index contributed by atoms with van der Waals surface area (Å²) in [6.45, 7) is 0. The molecule has 0 aliphatic carbocycles. The van der Waals surface area contributed by atoms with E-state index in [2.05, 4.69) is 364 Å². The van der Waals surface area contributed by atoms with Gasteiger partial charge in [0.2, 0.25) is 0 Å². The maximum Gasteiger partial charge on any atom is 0.160 e. The highest BCUT2D eigenvalue weighted by Gasteiger charge is 2.23. The molecule has 6 heteroatoms. The second-order valence-corrected chi connectivity index (χ2v) is 27.1. The van der Waals surface area contributed by atoms with Crippen LogP contribution in [0.3, 0.4) is 0 Å². The zero-order valence-corrected chi connectivity index (χ0v) is 55.1. The smallest absolute Gasteiger partial charge is 0.160 e. The van der Waals surface area contributed by atoms with E-state index in [0.29, 0.717) is 0 Å². The topological polar surface area (TPSA) is 46.0 Å². The number of aromatic nitrogens is 4. The molecular weight excluding hydrogens is 1240 g/mol. The number of fused-ring (bicyclic) bond motifs is 19. The number of hydrogen-bond donors (Lipinski definition) is 0. The van der Waals surface area contributed by atoms with Crippen molar-refractivity contribution in [2.24, 2.45) is 0 Å². The number of hydrogen-bond acceptors (Lipinski definition) is 2. The third-order valence-electron chi connectivity index (χ3n) is 21.6. The van der Waals surface area contributed by atoms with Gasteiger partial charge in [-0.15, -0.1) is 0 Å². The minimum atomic E-state index is 0.841. The molecule has 22 aromatic rings. The molecular formula is C96H58N4O2. The lowest BCUT2D eigenvalue weighted by atomic mass is 9.99. The summed E-state index contributed by atoms with van der Waals surface area (Å²) in [6, 6.07) is 128. The van der Waals surface area contributed by atoms with Crippen LogP contribution in [0.5, 0.6) is 0 Å². The molecule has 0 amide bonds. The molecule has 6 nitrogen and oxygen atoms in total. The van der Waals surface area contributed by atoms with Gasteiger partial charge in [0, 0.05) is 93.5 Å². The first kappa shape index (κ1) is 56.3. The number of benzene rings is 16. The quantitative estimate of drug-likeness (QED) is 0.145. The standard InChI is InChI=1S/C96H58N4O2/c1-7-25-85-73(19-1)74-20-2-8-26-86(74)98(85)71-17-13-15-65(53-71)63-35-31-59(32-36-63)61-39-45-69(46-40-61)97-90-55-67(43-49-78(90)83-57-84-79-24-6-12-30-92(79)101-94(84)58-91(83)97)68-44-50-80-82-52-51-81-77-23-5-11-29-89(77)100(95(81)96(82)102-93(80)56-68)70-47-41-62(42-48-70)60-33-37-64(38-34-60)66-16-14-18-72(54-66)99-87-27-9-3-21-75(87)76-22-4-10-28-88(76)99/h1-58H. The summed E-state index contributed by atoms with van der Waals surface area (Å²) in [6.07, 6.45) is 0. The lowest BCUT2D eigenvalue weighted by Crippen LogP contribution is -1.94. The van der Waals surface area contributed by atoms with Gasteiger partial charge < -0.3 is 27.1 Å². The number of para-hydroxylation sites is 6. The highest BCUT2D eigenvalue weighted by Crippen LogP contribution is 2.45. The first-order chi connectivity index (χ1) is 50.5. The Hall–Kier alpha value is -13.7. The zero-order chi connectivity index (χ0) is 66.7. The number of rotatable bonds is 9. The van der Waals surface area contributed by atoms with Gasteiger partial charge in [-0.3, -0.25) is 0 Å². The normalized spacial score (nSPS) is 12.1. The third kappa shape index (κ3) is 8.54. The van der Waals surface area contributed by atoms with Gasteiger partial charge in [0.1, 0.15) is 16.7 Å². The molecule has 0 fully saturated rings. The summed E-state index contributed by atoms with van der Waals surface area (Å²) in [7, 11) is 0. The lowest BCUT2D eigenvalue weighted by molar-refractivity contribution is 0.669. The average molecular weight is 1300 g/mol. The predicted molar refractivity (Wildman–Crippen MR) is 426 cm³/mol. The van der Waals surface area contributed by atoms with Gasteiger partial charge in [-0.2, -0.15) is 0 Å². The van der Waals surface area contributed by atoms with E-state index in [0.717, 1.165) is 127 Å². The van der Waals surface area contributed by atoms with E-state index in [9.17, 15) is 0 Å². The van der Waals surface area contributed by atoms with Crippen LogP contribution in [0.15, 0.2) is 361 Å². The van der Waals surface area contributed by atoms with E-state index in [4.69, 9.17) is 8.83 Å². The van der Waals surface area contributed by atoms with E-state index in [-0.39, 0.29) is 0 Å². The Labute approximate surface area is 584 Å². The van der Waals surface area contributed by atoms with Crippen LogP contribution < -0.4 is 0 Å². The fraction of sp³-hybridized carbons (Fsp3) is 0. The molecule has 0 aliphatic heterocycles. The van der Waals surface area contributed by atoms with Gasteiger partial charge in [0.15, 0.2) is 5.58 Å². The monoisotopic (exact) mass is 1300 g/mol. The van der Waals surface area contributed by atoms with E-state index in [1.807, 2.05) is 6.07 Å². The van der Waals surface area contributed by atoms with Crippen LogP contribution in [0, 0.1) is 0 Å². The lowest BCUT2D eigenvalue weighted by Gasteiger charge is -2.12.